The molecule has 50 heavy (non-hydrogen) atoms. The van der Waals surface area contributed by atoms with Crippen molar-refractivity contribution in [2.24, 2.45) is 17.8 Å². The second-order valence-electron chi connectivity index (χ2n) is 13.3. The number of esters is 1. The first-order chi connectivity index (χ1) is 24.0. The van der Waals surface area contributed by atoms with Gasteiger partial charge in [0.05, 0.1) is 44.2 Å². The second-order valence-corrected chi connectivity index (χ2v) is 14.5. The van der Waals surface area contributed by atoms with Crippen LogP contribution in [0.4, 0.5) is 5.69 Å². The third-order valence-electron chi connectivity index (χ3n) is 10.00. The van der Waals surface area contributed by atoms with Gasteiger partial charge >= 0.3 is 5.97 Å². The highest BCUT2D eigenvalue weighted by Gasteiger charge is 2.77. The molecule has 12 heteroatoms. The molecule has 5 rings (SSSR count). The summed E-state index contributed by atoms with van der Waals surface area (Å²) in [5, 5.41) is 13.5. The molecule has 3 aliphatic heterocycles. The number of alkyl halides is 1. The Labute approximate surface area is 301 Å². The van der Waals surface area contributed by atoms with Gasteiger partial charge in [0.15, 0.2) is 0 Å². The fraction of sp³-hybridized carbons (Fsp3) is 0.474. The van der Waals surface area contributed by atoms with Gasteiger partial charge < -0.3 is 34.4 Å². The lowest BCUT2D eigenvalue weighted by atomic mass is 9.70. The monoisotopic (exact) mass is 751 g/mol. The lowest BCUT2D eigenvalue weighted by Crippen LogP contribution is -2.60. The number of aliphatic hydroxyl groups is 1. The molecule has 0 aromatic heterocycles. The summed E-state index contributed by atoms with van der Waals surface area (Å²) in [6.07, 6.45) is 2.69. The van der Waals surface area contributed by atoms with Crippen LogP contribution in [0.5, 0.6) is 5.75 Å². The molecule has 3 heterocycles. The summed E-state index contributed by atoms with van der Waals surface area (Å²) in [5.41, 5.74) is -0.148. The standard InChI is InChI=1S/C38H46BrN3O8/c1-6-8-14-30(44)40-21-29(24-12-10-9-11-13-24)49-37(47)31-32-35(45)42(28(22-43)23(3)4)34(38(32)20-27(39)33(31)50-38)36(46)41(19-7-2)25-15-17-26(48-5)18-16-25/h6-7,9-13,15-18,23,27-29,31-34,43H,1-2,8,14,19-22H2,3-5H3,(H,40,44)/t27?,28-,29+,31+,32-,33+,34+,38-/m0/s1. The van der Waals surface area contributed by atoms with E-state index in [1.54, 1.807) is 55.7 Å². The van der Waals surface area contributed by atoms with E-state index in [1.165, 1.54) is 9.80 Å². The normalized spacial score (nSPS) is 26.2. The molecule has 3 fully saturated rings. The minimum absolute atomic E-state index is 0.0248. The number of anilines is 1. The maximum Gasteiger partial charge on any atom is 0.313 e. The number of hydrogen-bond donors (Lipinski definition) is 2. The SMILES string of the molecule is C=CCCC(=O)NC[C@@H](OC(=O)[C@H]1[C@@H]2O[C@@]3(CC2Br)[C@@H]1C(=O)N([C@@H](CO)C(C)C)[C@@H]3C(=O)N(CC=C)c1ccc(OC)cc1)c1ccccc1. The van der Waals surface area contributed by atoms with Crippen molar-refractivity contribution >= 4 is 45.3 Å². The number of carbonyl (C=O) groups excluding carboxylic acids is 4. The van der Waals surface area contributed by atoms with Crippen LogP contribution in [0, 0.1) is 17.8 Å². The largest absolute Gasteiger partial charge is 0.497 e. The van der Waals surface area contributed by atoms with Crippen LogP contribution in [0.25, 0.3) is 0 Å². The first-order valence-electron chi connectivity index (χ1n) is 17.0. The number of hydrogen-bond acceptors (Lipinski definition) is 8. The minimum atomic E-state index is -1.38. The Morgan fingerprint density at radius 3 is 2.44 bits per heavy atom. The molecule has 0 aliphatic carbocycles. The van der Waals surface area contributed by atoms with Crippen LogP contribution in [0.15, 0.2) is 79.9 Å². The van der Waals surface area contributed by atoms with E-state index in [4.69, 9.17) is 14.2 Å². The van der Waals surface area contributed by atoms with Crippen LogP contribution in [-0.4, -0.2) is 89.1 Å². The zero-order chi connectivity index (χ0) is 36.2. The topological polar surface area (TPSA) is 135 Å². The Balaban J connectivity index is 1.52. The van der Waals surface area contributed by atoms with Gasteiger partial charge in [-0.1, -0.05) is 72.3 Å². The smallest absolute Gasteiger partial charge is 0.313 e. The highest BCUT2D eigenvalue weighted by atomic mass is 79.9. The quantitative estimate of drug-likeness (QED) is 0.147. The molecule has 2 N–H and O–H groups in total. The number of allylic oxidation sites excluding steroid dienone is 1. The first-order valence-corrected chi connectivity index (χ1v) is 17.9. The number of rotatable bonds is 16. The van der Waals surface area contributed by atoms with Gasteiger partial charge in [-0.25, -0.2) is 0 Å². The van der Waals surface area contributed by atoms with Crippen molar-refractivity contribution in [2.45, 2.75) is 67.8 Å². The number of nitrogens with zero attached hydrogens (tertiary/aromatic N) is 2. The molecule has 8 atom stereocenters. The maximum absolute atomic E-state index is 14.9. The number of halogens is 1. The third-order valence-corrected chi connectivity index (χ3v) is 10.8. The number of fused-ring (bicyclic) bond motifs is 1. The molecule has 2 aromatic rings. The molecule has 0 radical (unpaired) electrons. The second kappa shape index (κ2) is 15.9. The summed E-state index contributed by atoms with van der Waals surface area (Å²) in [7, 11) is 1.55. The van der Waals surface area contributed by atoms with Crippen LogP contribution < -0.4 is 15.0 Å². The molecule has 1 spiro atoms. The van der Waals surface area contributed by atoms with E-state index < -0.39 is 66.1 Å². The Morgan fingerprint density at radius 2 is 1.84 bits per heavy atom. The average Bonchev–Trinajstić information content (AvgIpc) is 3.71. The van der Waals surface area contributed by atoms with Crippen molar-refractivity contribution < 1.29 is 38.5 Å². The van der Waals surface area contributed by atoms with Gasteiger partial charge in [0.25, 0.3) is 5.91 Å². The molecule has 268 valence electrons. The summed E-state index contributed by atoms with van der Waals surface area (Å²) in [4.78, 5) is 59.1. The summed E-state index contributed by atoms with van der Waals surface area (Å²) in [6.45, 7) is 11.0. The molecule has 3 saturated heterocycles. The Morgan fingerprint density at radius 1 is 1.14 bits per heavy atom. The number of ether oxygens (including phenoxy) is 3. The highest BCUT2D eigenvalue weighted by molar-refractivity contribution is 9.09. The van der Waals surface area contributed by atoms with Gasteiger partial charge in [-0.05, 0) is 48.6 Å². The van der Waals surface area contributed by atoms with Gasteiger partial charge in [0.1, 0.15) is 23.5 Å². The van der Waals surface area contributed by atoms with E-state index in [1.807, 2.05) is 32.0 Å². The number of benzene rings is 2. The molecular formula is C38H46BrN3O8. The van der Waals surface area contributed by atoms with Crippen molar-refractivity contribution in [3.05, 3.63) is 85.5 Å². The van der Waals surface area contributed by atoms with Crippen molar-refractivity contribution in [1.29, 1.82) is 0 Å². The predicted molar refractivity (Wildman–Crippen MR) is 192 cm³/mol. The summed E-state index contributed by atoms with van der Waals surface area (Å²) >= 11 is 3.72. The number of amides is 3. The van der Waals surface area contributed by atoms with Crippen molar-refractivity contribution in [2.75, 3.05) is 31.7 Å². The Bertz CT molecular complexity index is 1570. The summed E-state index contributed by atoms with van der Waals surface area (Å²) < 4.78 is 18.2. The first kappa shape index (κ1) is 37.3. The van der Waals surface area contributed by atoms with Crippen LogP contribution in [0.1, 0.15) is 44.8 Å². The molecule has 11 nitrogen and oxygen atoms in total. The molecule has 3 aliphatic rings. The fourth-order valence-corrected chi connectivity index (χ4v) is 8.54. The van der Waals surface area contributed by atoms with Gasteiger partial charge in [-0.3, -0.25) is 19.2 Å². The zero-order valence-electron chi connectivity index (χ0n) is 28.7. The lowest BCUT2D eigenvalue weighted by Gasteiger charge is -2.40. The van der Waals surface area contributed by atoms with E-state index in [-0.39, 0.29) is 42.6 Å². The van der Waals surface area contributed by atoms with Crippen LogP contribution in [0.2, 0.25) is 0 Å². The van der Waals surface area contributed by atoms with Gasteiger partial charge in [-0.15, -0.1) is 13.2 Å². The maximum atomic E-state index is 14.9. The Kier molecular flexibility index (Phi) is 11.9. The van der Waals surface area contributed by atoms with E-state index >= 15 is 0 Å². The molecule has 3 amide bonds. The number of carbonyl (C=O) groups is 4. The van der Waals surface area contributed by atoms with Gasteiger partial charge in [0.2, 0.25) is 11.8 Å². The van der Waals surface area contributed by atoms with E-state index in [0.717, 1.165) is 0 Å². The van der Waals surface area contributed by atoms with Crippen LogP contribution in [0.3, 0.4) is 0 Å². The predicted octanol–water partition coefficient (Wildman–Crippen LogP) is 4.35. The van der Waals surface area contributed by atoms with Crippen molar-refractivity contribution in [3.63, 3.8) is 0 Å². The molecule has 1 unspecified atom stereocenters. The van der Waals surface area contributed by atoms with Crippen LogP contribution in [-0.2, 0) is 28.7 Å². The number of methoxy groups -OCH3 is 1. The van der Waals surface area contributed by atoms with Gasteiger partial charge in [0, 0.05) is 23.5 Å². The number of aliphatic hydroxyl groups excluding tert-OH is 1. The van der Waals surface area contributed by atoms with Crippen molar-refractivity contribution in [1.82, 2.24) is 10.2 Å². The van der Waals surface area contributed by atoms with E-state index in [0.29, 0.717) is 23.4 Å². The number of nitrogens with one attached hydrogen (secondary N) is 1. The Hall–Kier alpha value is -4.00. The number of likely N-dealkylation sites (tertiary alicyclic amines) is 1. The van der Waals surface area contributed by atoms with Gasteiger partial charge in [-0.2, -0.15) is 0 Å². The minimum Gasteiger partial charge on any atom is -0.497 e. The van der Waals surface area contributed by atoms with E-state index in [2.05, 4.69) is 34.4 Å². The molecular weight excluding hydrogens is 706 g/mol. The summed E-state index contributed by atoms with van der Waals surface area (Å²) in [5.74, 6) is -3.44. The zero-order valence-corrected chi connectivity index (χ0v) is 30.3. The molecule has 2 aromatic carbocycles. The van der Waals surface area contributed by atoms with Crippen molar-refractivity contribution in [3.8, 4) is 5.75 Å². The summed E-state index contributed by atoms with van der Waals surface area (Å²) in [6, 6.07) is 14.2. The fourth-order valence-electron chi connectivity index (χ4n) is 7.60. The molecule has 2 bridgehead atoms. The highest BCUT2D eigenvalue weighted by Crippen LogP contribution is 2.61. The van der Waals surface area contributed by atoms with Crippen LogP contribution >= 0.6 is 15.9 Å². The average molecular weight is 753 g/mol. The lowest BCUT2D eigenvalue weighted by molar-refractivity contribution is -0.161. The van der Waals surface area contributed by atoms with E-state index in [9.17, 15) is 24.3 Å². The molecule has 0 saturated carbocycles. The third kappa shape index (κ3) is 6.97.